The summed E-state index contributed by atoms with van der Waals surface area (Å²) in [7, 11) is -6.00. The lowest BCUT2D eigenvalue weighted by molar-refractivity contribution is 0.368. The Morgan fingerprint density at radius 1 is 1.44 bits per heavy atom. The Morgan fingerprint density at radius 2 is 2.00 bits per heavy atom. The Kier molecular flexibility index (Phi) is 6.52. The fraction of sp³-hybridized carbons (Fsp3) is 0.444. The van der Waals surface area contributed by atoms with E-state index in [1.165, 1.54) is 12.8 Å². The van der Waals surface area contributed by atoms with Crippen molar-refractivity contribution in [2.24, 2.45) is 0 Å². The third kappa shape index (κ3) is 9.30. The van der Waals surface area contributed by atoms with E-state index in [-0.39, 0.29) is 0 Å². The fourth-order valence-electron chi connectivity index (χ4n) is 0.946. The molecular formula is C9H14BF4N2-. The minimum atomic E-state index is -6.00. The number of rotatable bonds is 4. The van der Waals surface area contributed by atoms with E-state index < -0.39 is 7.25 Å². The number of unbranched alkanes of at least 4 members (excludes halogenated alkanes) is 1. The number of halogens is 4. The molecule has 0 fully saturated rings. The molecule has 0 aliphatic carbocycles. The molecule has 2 nitrogen and oxygen atoms in total. The smallest absolute Gasteiger partial charge is 0.418 e. The van der Waals surface area contributed by atoms with Gasteiger partial charge in [0.2, 0.25) is 0 Å². The fourth-order valence-corrected chi connectivity index (χ4v) is 0.946. The van der Waals surface area contributed by atoms with Crippen molar-refractivity contribution in [3.05, 3.63) is 24.8 Å². The Balaban J connectivity index is 0.000000385. The van der Waals surface area contributed by atoms with E-state index in [9.17, 15) is 17.3 Å². The number of imidazole rings is 1. The van der Waals surface area contributed by atoms with E-state index >= 15 is 0 Å². The van der Waals surface area contributed by atoms with Crippen LogP contribution in [0.15, 0.2) is 19.1 Å². The highest BCUT2D eigenvalue weighted by atomic mass is 19.5. The summed E-state index contributed by atoms with van der Waals surface area (Å²) in [4.78, 5) is 4.13. The second-order valence-electron chi connectivity index (χ2n) is 3.09. The molecule has 7 heteroatoms. The highest BCUT2D eigenvalue weighted by Crippen LogP contribution is 2.06. The van der Waals surface area contributed by atoms with Gasteiger partial charge in [0.1, 0.15) is 0 Å². The molecule has 0 N–H and O–H groups in total. The molecule has 0 saturated heterocycles. The van der Waals surface area contributed by atoms with Crippen LogP contribution in [0.5, 0.6) is 0 Å². The van der Waals surface area contributed by atoms with E-state index in [2.05, 4.69) is 23.1 Å². The minimum absolute atomic E-state index is 0.959. The molecule has 0 atom stereocenters. The van der Waals surface area contributed by atoms with Gasteiger partial charge in [0.25, 0.3) is 0 Å². The molecular weight excluding hydrogens is 223 g/mol. The van der Waals surface area contributed by atoms with Gasteiger partial charge in [0.15, 0.2) is 0 Å². The number of nitrogens with zero attached hydrogens (tertiary/aromatic N) is 2. The van der Waals surface area contributed by atoms with Crippen molar-refractivity contribution in [2.75, 3.05) is 0 Å². The van der Waals surface area contributed by atoms with E-state index in [4.69, 9.17) is 0 Å². The Morgan fingerprint density at radius 3 is 2.38 bits per heavy atom. The topological polar surface area (TPSA) is 17.8 Å². The summed E-state index contributed by atoms with van der Waals surface area (Å²) < 4.78 is 41.1. The van der Waals surface area contributed by atoms with Gasteiger partial charge in [-0.15, -0.1) is 0 Å². The Bertz CT molecular complexity index is 303. The molecule has 0 aliphatic heterocycles. The molecule has 1 aromatic rings. The van der Waals surface area contributed by atoms with E-state index in [0.717, 1.165) is 12.2 Å². The second-order valence-corrected chi connectivity index (χ2v) is 3.09. The van der Waals surface area contributed by atoms with Crippen LogP contribution in [0, 0.1) is 0 Å². The molecule has 92 valence electrons. The molecule has 0 aromatic carbocycles. The van der Waals surface area contributed by atoms with E-state index in [1.807, 2.05) is 12.5 Å². The molecule has 0 spiro atoms. The average molecular weight is 237 g/mol. The predicted octanol–water partition coefficient (Wildman–Crippen LogP) is 3.63. The van der Waals surface area contributed by atoms with Crippen molar-refractivity contribution in [1.82, 2.24) is 9.55 Å². The summed E-state index contributed by atoms with van der Waals surface area (Å²) in [5, 5.41) is 0. The summed E-state index contributed by atoms with van der Waals surface area (Å²) in [6.45, 7) is 6.90. The van der Waals surface area contributed by atoms with Crippen LogP contribution < -0.4 is 0 Å². The number of aryl methyl sites for hydroxylation is 1. The van der Waals surface area contributed by atoms with Gasteiger partial charge in [-0.1, -0.05) is 19.9 Å². The van der Waals surface area contributed by atoms with Crippen LogP contribution in [0.25, 0.3) is 6.08 Å². The monoisotopic (exact) mass is 237 g/mol. The lowest BCUT2D eigenvalue weighted by Gasteiger charge is -1.96. The summed E-state index contributed by atoms with van der Waals surface area (Å²) in [5.74, 6) is 0. The van der Waals surface area contributed by atoms with E-state index in [0.29, 0.717) is 0 Å². The van der Waals surface area contributed by atoms with Crippen LogP contribution in [0.2, 0.25) is 0 Å². The molecule has 0 bridgehead atoms. The van der Waals surface area contributed by atoms with Gasteiger partial charge in [-0.2, -0.15) is 0 Å². The average Bonchev–Trinajstić information content (AvgIpc) is 2.59. The quantitative estimate of drug-likeness (QED) is 0.577. The molecule has 16 heavy (non-hydrogen) atoms. The van der Waals surface area contributed by atoms with Gasteiger partial charge in [-0.25, -0.2) is 4.98 Å². The Hall–Kier alpha value is -1.27. The number of hydrogen-bond donors (Lipinski definition) is 0. The lowest BCUT2D eigenvalue weighted by atomic mass is 10.3. The molecule has 1 aromatic heterocycles. The first-order valence-electron chi connectivity index (χ1n) is 4.88. The van der Waals surface area contributed by atoms with Crippen LogP contribution >= 0.6 is 0 Å². The van der Waals surface area contributed by atoms with Gasteiger partial charge in [-0.3, -0.25) is 0 Å². The molecule has 1 rings (SSSR count). The van der Waals surface area contributed by atoms with Crippen LogP contribution in [0.4, 0.5) is 17.3 Å². The molecule has 1 heterocycles. The lowest BCUT2D eigenvalue weighted by Crippen LogP contribution is -2.02. The predicted molar refractivity (Wildman–Crippen MR) is 57.4 cm³/mol. The van der Waals surface area contributed by atoms with E-state index in [1.54, 1.807) is 6.08 Å². The van der Waals surface area contributed by atoms with Crippen molar-refractivity contribution in [3.8, 4) is 0 Å². The third-order valence-electron chi connectivity index (χ3n) is 1.63. The summed E-state index contributed by atoms with van der Waals surface area (Å²) in [6, 6.07) is 0. The van der Waals surface area contributed by atoms with Crippen LogP contribution in [0.3, 0.4) is 0 Å². The van der Waals surface area contributed by atoms with Crippen LogP contribution in [0.1, 0.15) is 25.5 Å². The zero-order chi connectivity index (χ0) is 12.6. The molecule has 0 radical (unpaired) electrons. The number of hydrogen-bond acceptors (Lipinski definition) is 1. The van der Waals surface area contributed by atoms with Crippen molar-refractivity contribution < 1.29 is 17.3 Å². The summed E-state index contributed by atoms with van der Waals surface area (Å²) in [6.07, 6.45) is 8.08. The summed E-state index contributed by atoms with van der Waals surface area (Å²) in [5.41, 5.74) is 0.959. The van der Waals surface area contributed by atoms with Crippen LogP contribution in [-0.4, -0.2) is 16.8 Å². The zero-order valence-electron chi connectivity index (χ0n) is 9.04. The standard InChI is InChI=1S/C9H14N2.BF4/c1-3-5-6-11-7-9(4-2)10-8-11;2-1(3,4)5/h4,7-8H,2-3,5-6H2,1H3;/q;-1. The van der Waals surface area contributed by atoms with Crippen molar-refractivity contribution in [1.29, 1.82) is 0 Å². The Labute approximate surface area is 92.1 Å². The third-order valence-corrected chi connectivity index (χ3v) is 1.63. The SMILES string of the molecule is C=Cc1cn(CCCC)cn1.F[B-](F)(F)F. The highest BCUT2D eigenvalue weighted by Gasteiger charge is 2.20. The van der Waals surface area contributed by atoms with Gasteiger partial charge < -0.3 is 21.8 Å². The minimum Gasteiger partial charge on any atom is -0.418 e. The molecule has 0 aliphatic rings. The van der Waals surface area contributed by atoms with Crippen molar-refractivity contribution in [2.45, 2.75) is 26.3 Å². The van der Waals surface area contributed by atoms with Gasteiger partial charge in [0.05, 0.1) is 12.0 Å². The first-order valence-corrected chi connectivity index (χ1v) is 4.88. The largest absolute Gasteiger partial charge is 0.673 e. The van der Waals surface area contributed by atoms with Gasteiger partial charge in [-0.05, 0) is 12.5 Å². The maximum atomic E-state index is 9.75. The van der Waals surface area contributed by atoms with Crippen LogP contribution in [-0.2, 0) is 6.54 Å². The normalized spacial score (nSPS) is 10.6. The maximum absolute atomic E-state index is 9.75. The zero-order valence-corrected chi connectivity index (χ0v) is 9.04. The highest BCUT2D eigenvalue weighted by molar-refractivity contribution is 6.50. The van der Waals surface area contributed by atoms with Gasteiger partial charge >= 0.3 is 7.25 Å². The molecule has 0 amide bonds. The van der Waals surface area contributed by atoms with Gasteiger partial charge in [0, 0.05) is 12.7 Å². The number of aromatic nitrogens is 2. The second kappa shape index (κ2) is 7.08. The first kappa shape index (κ1) is 14.7. The van der Waals surface area contributed by atoms with Crippen molar-refractivity contribution >= 4 is 13.3 Å². The molecule has 0 unspecified atom stereocenters. The first-order chi connectivity index (χ1) is 7.36. The summed E-state index contributed by atoms with van der Waals surface area (Å²) >= 11 is 0. The molecule has 0 saturated carbocycles. The van der Waals surface area contributed by atoms with Crippen molar-refractivity contribution in [3.63, 3.8) is 0 Å². The maximum Gasteiger partial charge on any atom is 0.673 e.